The standard InChI is InChI=1S/C11H7Cl2FN2O/c1-16-8(6-2-4-7(14)5-3-6)9(12)15-10(13)11(16)17/h2-5H,1H3. The van der Waals surface area contributed by atoms with Gasteiger partial charge in [-0.1, -0.05) is 23.2 Å². The molecule has 0 bridgehead atoms. The van der Waals surface area contributed by atoms with Crippen molar-refractivity contribution in [3.8, 4) is 11.3 Å². The minimum Gasteiger partial charge on any atom is -0.306 e. The lowest BCUT2D eigenvalue weighted by Gasteiger charge is -2.09. The molecule has 0 fully saturated rings. The highest BCUT2D eigenvalue weighted by Crippen LogP contribution is 2.25. The fraction of sp³-hybridized carbons (Fsp3) is 0.0909. The van der Waals surface area contributed by atoms with Crippen molar-refractivity contribution in [2.45, 2.75) is 0 Å². The maximum atomic E-state index is 12.8. The van der Waals surface area contributed by atoms with Gasteiger partial charge in [0.25, 0.3) is 5.56 Å². The Hall–Kier alpha value is -1.39. The van der Waals surface area contributed by atoms with Gasteiger partial charge >= 0.3 is 0 Å². The van der Waals surface area contributed by atoms with Crippen LogP contribution in [0.1, 0.15) is 0 Å². The van der Waals surface area contributed by atoms with Crippen molar-refractivity contribution < 1.29 is 4.39 Å². The van der Waals surface area contributed by atoms with Crippen LogP contribution < -0.4 is 5.56 Å². The van der Waals surface area contributed by atoms with E-state index in [0.29, 0.717) is 11.3 Å². The molecular weight excluding hydrogens is 266 g/mol. The van der Waals surface area contributed by atoms with Gasteiger partial charge < -0.3 is 4.57 Å². The van der Waals surface area contributed by atoms with Crippen molar-refractivity contribution in [3.63, 3.8) is 0 Å². The molecule has 1 aromatic heterocycles. The van der Waals surface area contributed by atoms with Gasteiger partial charge in [-0.05, 0) is 24.3 Å². The third-order valence-electron chi connectivity index (χ3n) is 2.33. The second-order valence-corrected chi connectivity index (χ2v) is 4.13. The van der Waals surface area contributed by atoms with Crippen molar-refractivity contribution in [2.75, 3.05) is 0 Å². The van der Waals surface area contributed by atoms with Gasteiger partial charge in [0, 0.05) is 12.6 Å². The summed E-state index contributed by atoms with van der Waals surface area (Å²) in [7, 11) is 1.53. The first-order chi connectivity index (χ1) is 8.00. The summed E-state index contributed by atoms with van der Waals surface area (Å²) in [6.07, 6.45) is 0. The molecule has 0 N–H and O–H groups in total. The van der Waals surface area contributed by atoms with E-state index >= 15 is 0 Å². The molecule has 0 atom stereocenters. The molecule has 2 rings (SSSR count). The van der Waals surface area contributed by atoms with Crippen LogP contribution in [-0.2, 0) is 7.05 Å². The number of halogens is 3. The summed E-state index contributed by atoms with van der Waals surface area (Å²) in [5.41, 5.74) is 0.552. The van der Waals surface area contributed by atoms with Crippen molar-refractivity contribution in [1.29, 1.82) is 0 Å². The van der Waals surface area contributed by atoms with Crippen molar-refractivity contribution in [1.82, 2.24) is 9.55 Å². The Kier molecular flexibility index (Phi) is 3.17. The fourth-order valence-electron chi connectivity index (χ4n) is 1.49. The van der Waals surface area contributed by atoms with Gasteiger partial charge in [0.2, 0.25) is 0 Å². The van der Waals surface area contributed by atoms with Crippen LogP contribution in [0, 0.1) is 5.82 Å². The van der Waals surface area contributed by atoms with Crippen LogP contribution in [0.25, 0.3) is 11.3 Å². The van der Waals surface area contributed by atoms with E-state index in [1.165, 1.54) is 35.9 Å². The predicted octanol–water partition coefficient (Wildman–Crippen LogP) is 2.89. The largest absolute Gasteiger partial charge is 0.306 e. The van der Waals surface area contributed by atoms with Gasteiger partial charge in [-0.25, -0.2) is 9.37 Å². The number of hydrogen-bond donors (Lipinski definition) is 0. The van der Waals surface area contributed by atoms with Crippen LogP contribution in [0.5, 0.6) is 0 Å². The Morgan fingerprint density at radius 2 is 1.76 bits per heavy atom. The molecule has 0 aliphatic carbocycles. The van der Waals surface area contributed by atoms with Gasteiger partial charge in [-0.15, -0.1) is 0 Å². The number of nitrogens with zero attached hydrogens (tertiary/aromatic N) is 2. The molecule has 0 aliphatic heterocycles. The number of aromatic nitrogens is 2. The monoisotopic (exact) mass is 272 g/mol. The molecule has 2 aromatic rings. The molecular formula is C11H7Cl2FN2O. The molecule has 0 radical (unpaired) electrons. The lowest BCUT2D eigenvalue weighted by atomic mass is 10.1. The highest BCUT2D eigenvalue weighted by atomic mass is 35.5. The average Bonchev–Trinajstić information content (AvgIpc) is 2.29. The van der Waals surface area contributed by atoms with Gasteiger partial charge in [-0.2, -0.15) is 0 Å². The van der Waals surface area contributed by atoms with Crippen LogP contribution >= 0.6 is 23.2 Å². The van der Waals surface area contributed by atoms with E-state index in [9.17, 15) is 9.18 Å². The molecule has 0 saturated carbocycles. The zero-order chi connectivity index (χ0) is 12.6. The quantitative estimate of drug-likeness (QED) is 0.800. The SMILES string of the molecule is Cn1c(-c2ccc(F)cc2)c(Cl)nc(Cl)c1=O. The summed E-state index contributed by atoms with van der Waals surface area (Å²) < 4.78 is 14.1. The minimum atomic E-state index is -0.449. The van der Waals surface area contributed by atoms with E-state index in [4.69, 9.17) is 23.2 Å². The third-order valence-corrected chi connectivity index (χ3v) is 2.84. The lowest BCUT2D eigenvalue weighted by Crippen LogP contribution is -2.20. The minimum absolute atomic E-state index is 0.101. The lowest BCUT2D eigenvalue weighted by molar-refractivity contribution is 0.628. The van der Waals surface area contributed by atoms with Gasteiger partial charge in [0.1, 0.15) is 5.82 Å². The normalized spacial score (nSPS) is 10.6. The smallest absolute Gasteiger partial charge is 0.288 e. The Labute approximate surface area is 106 Å². The van der Waals surface area contributed by atoms with Crippen molar-refractivity contribution in [2.24, 2.45) is 7.05 Å². The molecule has 1 aromatic carbocycles. The van der Waals surface area contributed by atoms with Crippen LogP contribution in [-0.4, -0.2) is 9.55 Å². The number of rotatable bonds is 1. The summed E-state index contributed by atoms with van der Waals surface area (Å²) in [6.45, 7) is 0. The maximum absolute atomic E-state index is 12.8. The predicted molar refractivity (Wildman–Crippen MR) is 64.9 cm³/mol. The molecule has 0 saturated heterocycles. The Bertz CT molecular complexity index is 623. The zero-order valence-corrected chi connectivity index (χ0v) is 10.3. The first kappa shape index (κ1) is 12.1. The van der Waals surface area contributed by atoms with Crippen LogP contribution in [0.3, 0.4) is 0 Å². The summed E-state index contributed by atoms with van der Waals surface area (Å²) >= 11 is 11.5. The van der Waals surface area contributed by atoms with E-state index in [-0.39, 0.29) is 16.1 Å². The molecule has 6 heteroatoms. The molecule has 0 unspecified atom stereocenters. The topological polar surface area (TPSA) is 34.9 Å². The van der Waals surface area contributed by atoms with Crippen LogP contribution in [0.15, 0.2) is 29.1 Å². The van der Waals surface area contributed by atoms with E-state index in [2.05, 4.69) is 4.98 Å². The number of hydrogen-bond acceptors (Lipinski definition) is 2. The highest BCUT2D eigenvalue weighted by molar-refractivity contribution is 6.33. The van der Waals surface area contributed by atoms with Crippen LogP contribution in [0.2, 0.25) is 10.3 Å². The van der Waals surface area contributed by atoms with E-state index in [1.807, 2.05) is 0 Å². The van der Waals surface area contributed by atoms with Gasteiger partial charge in [0.05, 0.1) is 5.69 Å². The molecule has 3 nitrogen and oxygen atoms in total. The summed E-state index contributed by atoms with van der Waals surface area (Å²) in [5.74, 6) is -0.364. The van der Waals surface area contributed by atoms with Crippen LogP contribution in [0.4, 0.5) is 4.39 Å². The van der Waals surface area contributed by atoms with E-state index < -0.39 is 5.56 Å². The Balaban J connectivity index is 2.72. The molecule has 0 amide bonds. The number of benzene rings is 1. The fourth-order valence-corrected chi connectivity index (χ4v) is 2.06. The van der Waals surface area contributed by atoms with Gasteiger partial charge in [0.15, 0.2) is 10.3 Å². The first-order valence-electron chi connectivity index (χ1n) is 4.68. The Morgan fingerprint density at radius 1 is 1.18 bits per heavy atom. The third kappa shape index (κ3) is 2.18. The first-order valence-corrected chi connectivity index (χ1v) is 5.44. The summed E-state index contributed by atoms with van der Waals surface area (Å²) in [4.78, 5) is 15.4. The van der Waals surface area contributed by atoms with Crippen molar-refractivity contribution >= 4 is 23.2 Å². The highest BCUT2D eigenvalue weighted by Gasteiger charge is 2.13. The summed E-state index contributed by atoms with van der Waals surface area (Å²) in [5, 5.41) is -0.0907. The molecule has 17 heavy (non-hydrogen) atoms. The Morgan fingerprint density at radius 3 is 2.35 bits per heavy atom. The van der Waals surface area contributed by atoms with Crippen molar-refractivity contribution in [3.05, 3.63) is 50.7 Å². The van der Waals surface area contributed by atoms with Gasteiger partial charge in [-0.3, -0.25) is 4.79 Å². The molecule has 0 aliphatic rings. The second kappa shape index (κ2) is 4.47. The van der Waals surface area contributed by atoms with E-state index in [0.717, 1.165) is 0 Å². The summed E-state index contributed by atoms with van der Waals surface area (Å²) in [6, 6.07) is 5.60. The van der Waals surface area contributed by atoms with E-state index in [1.54, 1.807) is 0 Å². The average molecular weight is 273 g/mol. The second-order valence-electron chi connectivity index (χ2n) is 3.41. The molecule has 88 valence electrons. The molecule has 1 heterocycles. The molecule has 0 spiro atoms. The zero-order valence-electron chi connectivity index (χ0n) is 8.75. The maximum Gasteiger partial charge on any atom is 0.288 e.